The van der Waals surface area contributed by atoms with Crippen LogP contribution in [-0.2, 0) is 19.2 Å². The summed E-state index contributed by atoms with van der Waals surface area (Å²) >= 11 is 0. The molecule has 92 heavy (non-hydrogen) atoms. The molecule has 0 aromatic carbocycles. The Bertz CT molecular complexity index is 1350. The molecule has 0 spiro atoms. The Morgan fingerprint density at radius 3 is 0.489 bits per heavy atom. The van der Waals surface area contributed by atoms with Crippen molar-refractivity contribution in [3.63, 3.8) is 0 Å². The summed E-state index contributed by atoms with van der Waals surface area (Å²) < 4.78 is 0. The lowest BCUT2D eigenvalue weighted by Crippen LogP contribution is -2.46. The predicted molar refractivity (Wildman–Crippen MR) is 408 cm³/mol. The molecule has 10 heteroatoms. The van der Waals surface area contributed by atoms with Crippen LogP contribution < -0.4 is 10.6 Å². The van der Waals surface area contributed by atoms with Crippen LogP contribution in [0.5, 0.6) is 0 Å². The number of rotatable bonds is 79. The Kier molecular flexibility index (Phi) is 74.2. The van der Waals surface area contributed by atoms with Gasteiger partial charge in [0, 0.05) is 23.3 Å². The van der Waals surface area contributed by atoms with Crippen LogP contribution in [0.2, 0.25) is 0 Å². The van der Waals surface area contributed by atoms with Gasteiger partial charge in [0.25, 0.3) is 0 Å². The topological polar surface area (TPSA) is 133 Å². The average Bonchev–Trinajstić information content (AvgIpc) is 3.39. The molecule has 546 valence electrons. The van der Waals surface area contributed by atoms with E-state index in [1.165, 1.54) is 381 Å². The second kappa shape index (κ2) is 75.4. The molecular weight excluding hydrogens is 1170 g/mol. The minimum absolute atomic E-state index is 0.123. The fraction of sp³-hybridized carbons (Fsp3) is 0.951. The van der Waals surface area contributed by atoms with Crippen molar-refractivity contribution in [3.05, 3.63) is 0 Å². The first-order chi connectivity index (χ1) is 45.2. The number of amides is 2. The molecule has 0 aromatic rings. The maximum atomic E-state index is 14.0. The molecular formula is C82H160N2O6S2. The van der Waals surface area contributed by atoms with Crippen LogP contribution in [0.3, 0.4) is 0 Å². The molecule has 0 unspecified atom stereocenters. The van der Waals surface area contributed by atoms with Gasteiger partial charge in [0.05, 0.1) is 0 Å². The smallest absolute Gasteiger partial charge is 0.327 e. The van der Waals surface area contributed by atoms with Gasteiger partial charge >= 0.3 is 11.9 Å². The SMILES string of the molecule is CCCCCCCCCCCCCCCCCCC(CCCCCCCCCCCCCCCCCC)C(=O)N[C@@H](CSSC[C@H](NC(=O)C(CCCCCCCCCCCCCCCCCC)CCCCCCCCCCCCCCCCCC)C(=O)O)C(=O)O. The maximum absolute atomic E-state index is 14.0. The van der Waals surface area contributed by atoms with Crippen LogP contribution in [0, 0.1) is 11.8 Å². The molecule has 4 N–H and O–H groups in total. The van der Waals surface area contributed by atoms with E-state index in [0.717, 1.165) is 77.0 Å². The van der Waals surface area contributed by atoms with Gasteiger partial charge < -0.3 is 20.8 Å². The highest BCUT2D eigenvalue weighted by Gasteiger charge is 2.28. The molecule has 0 bridgehead atoms. The number of carbonyl (C=O) groups excluding carboxylic acids is 2. The summed E-state index contributed by atoms with van der Waals surface area (Å²) in [6.07, 6.45) is 86.8. The highest BCUT2D eigenvalue weighted by Crippen LogP contribution is 2.27. The number of nitrogens with one attached hydrogen (secondary N) is 2. The summed E-state index contributed by atoms with van der Waals surface area (Å²) in [6.45, 7) is 9.13. The van der Waals surface area contributed by atoms with Gasteiger partial charge in [0.1, 0.15) is 12.1 Å². The molecule has 0 aliphatic carbocycles. The number of carboxylic acid groups (broad SMARTS) is 2. The zero-order chi connectivity index (χ0) is 66.9. The van der Waals surface area contributed by atoms with Gasteiger partial charge in [-0.05, 0) is 25.7 Å². The first-order valence-corrected chi connectivity index (χ1v) is 44.0. The van der Waals surface area contributed by atoms with E-state index in [1.807, 2.05) is 0 Å². The van der Waals surface area contributed by atoms with Gasteiger partial charge in [-0.25, -0.2) is 9.59 Å². The molecule has 0 fully saturated rings. The molecule has 0 saturated heterocycles. The Balaban J connectivity index is 5.25. The fourth-order valence-electron chi connectivity index (χ4n) is 13.7. The molecule has 2 atom stereocenters. The zero-order valence-electron chi connectivity index (χ0n) is 62.2. The standard InChI is InChI=1S/C82H160N2O6S2/c1-5-9-13-17-21-25-29-33-37-41-45-49-53-57-61-65-69-75(70-66-62-58-54-50-46-42-38-34-30-26-22-18-14-10-6-2)79(85)83-77(81(87)88)73-91-92-74-78(82(89)90)84-80(86)76(71-67-63-59-55-51-47-43-39-35-31-27-23-19-15-11-7-3)72-68-64-60-56-52-48-44-40-36-32-28-24-20-16-12-8-4/h75-78H,5-74H2,1-4H3,(H,83,85)(H,84,86)(H,87,88)(H,89,90)/t77-,78-/m0/s1. The summed E-state index contributed by atoms with van der Waals surface area (Å²) in [5, 5.41) is 26.6. The summed E-state index contributed by atoms with van der Waals surface area (Å²) in [5.41, 5.74) is 0. The van der Waals surface area contributed by atoms with Crippen LogP contribution >= 0.6 is 21.6 Å². The lowest BCUT2D eigenvalue weighted by molar-refractivity contribution is -0.142. The van der Waals surface area contributed by atoms with Crippen molar-refractivity contribution in [2.75, 3.05) is 11.5 Å². The van der Waals surface area contributed by atoms with Crippen molar-refractivity contribution in [2.24, 2.45) is 11.8 Å². The summed E-state index contributed by atoms with van der Waals surface area (Å²) in [5.74, 6) is -2.60. The third-order valence-corrected chi connectivity index (χ3v) is 22.6. The van der Waals surface area contributed by atoms with Gasteiger partial charge in [-0.2, -0.15) is 0 Å². The van der Waals surface area contributed by atoms with E-state index in [4.69, 9.17) is 0 Å². The largest absolute Gasteiger partial charge is 0.480 e. The first kappa shape index (κ1) is 90.6. The second-order valence-corrected chi connectivity index (χ2v) is 31.7. The third kappa shape index (κ3) is 65.8. The molecule has 0 radical (unpaired) electrons. The molecule has 0 rings (SSSR count). The van der Waals surface area contributed by atoms with Crippen molar-refractivity contribution >= 4 is 45.3 Å². The van der Waals surface area contributed by atoms with E-state index in [9.17, 15) is 29.4 Å². The maximum Gasteiger partial charge on any atom is 0.327 e. The second-order valence-electron chi connectivity index (χ2n) is 29.1. The molecule has 0 aromatic heterocycles. The van der Waals surface area contributed by atoms with E-state index < -0.39 is 24.0 Å². The highest BCUT2D eigenvalue weighted by molar-refractivity contribution is 8.76. The Hall–Kier alpha value is -1.42. The van der Waals surface area contributed by atoms with Gasteiger partial charge in [-0.1, -0.05) is 460 Å². The van der Waals surface area contributed by atoms with E-state index in [0.29, 0.717) is 0 Å². The molecule has 0 aliphatic rings. The van der Waals surface area contributed by atoms with Gasteiger partial charge in [0.2, 0.25) is 11.8 Å². The minimum Gasteiger partial charge on any atom is -0.480 e. The van der Waals surface area contributed by atoms with Gasteiger partial charge in [-0.15, -0.1) is 0 Å². The van der Waals surface area contributed by atoms with Crippen molar-refractivity contribution in [1.82, 2.24) is 10.6 Å². The molecule has 0 saturated carbocycles. The van der Waals surface area contributed by atoms with Crippen molar-refractivity contribution in [1.29, 1.82) is 0 Å². The summed E-state index contributed by atoms with van der Waals surface area (Å²) in [4.78, 5) is 53.3. The van der Waals surface area contributed by atoms with E-state index in [2.05, 4.69) is 38.3 Å². The van der Waals surface area contributed by atoms with Crippen LogP contribution in [0.25, 0.3) is 0 Å². The normalized spacial score (nSPS) is 12.4. The first-order valence-electron chi connectivity index (χ1n) is 41.5. The van der Waals surface area contributed by atoms with Crippen LogP contribution in [-0.4, -0.2) is 57.6 Å². The van der Waals surface area contributed by atoms with Crippen molar-refractivity contribution in [2.45, 2.75) is 476 Å². The lowest BCUT2D eigenvalue weighted by Gasteiger charge is -2.21. The number of unbranched alkanes of at least 4 members (excludes halogenated alkanes) is 60. The average molecular weight is 1330 g/mol. The van der Waals surface area contributed by atoms with Gasteiger partial charge in [-0.3, -0.25) is 9.59 Å². The van der Waals surface area contributed by atoms with Crippen molar-refractivity contribution in [3.8, 4) is 0 Å². The Labute approximate surface area is 581 Å². The number of aliphatic carboxylic acids is 2. The number of hydrogen-bond acceptors (Lipinski definition) is 6. The Morgan fingerprint density at radius 1 is 0.228 bits per heavy atom. The van der Waals surface area contributed by atoms with Gasteiger partial charge in [0.15, 0.2) is 0 Å². The van der Waals surface area contributed by atoms with Crippen LogP contribution in [0.15, 0.2) is 0 Å². The fourth-order valence-corrected chi connectivity index (χ4v) is 16.0. The van der Waals surface area contributed by atoms with Crippen molar-refractivity contribution < 1.29 is 29.4 Å². The quantitative estimate of drug-likeness (QED) is 0.0350. The number of hydrogen-bond donors (Lipinski definition) is 4. The summed E-state index contributed by atoms with van der Waals surface area (Å²) in [7, 11) is 2.56. The number of carboxylic acids is 2. The van der Waals surface area contributed by atoms with E-state index in [-0.39, 0.29) is 35.2 Å². The van der Waals surface area contributed by atoms with Crippen LogP contribution in [0.4, 0.5) is 0 Å². The molecule has 0 heterocycles. The zero-order valence-corrected chi connectivity index (χ0v) is 63.8. The molecule has 8 nitrogen and oxygen atoms in total. The van der Waals surface area contributed by atoms with E-state index in [1.54, 1.807) is 0 Å². The number of carbonyl (C=O) groups is 4. The highest BCUT2D eigenvalue weighted by atomic mass is 33.1. The summed E-state index contributed by atoms with van der Waals surface area (Å²) in [6, 6.07) is -2.14. The van der Waals surface area contributed by atoms with Crippen LogP contribution in [0.1, 0.15) is 464 Å². The van der Waals surface area contributed by atoms with E-state index >= 15 is 0 Å². The predicted octanol–water partition coefficient (Wildman–Crippen LogP) is 27.3. The lowest BCUT2D eigenvalue weighted by atomic mass is 9.93. The minimum atomic E-state index is -1.07. The third-order valence-electron chi connectivity index (χ3n) is 20.1. The molecule has 0 aliphatic heterocycles. The monoisotopic (exact) mass is 1330 g/mol. The Morgan fingerprint density at radius 2 is 0.359 bits per heavy atom. The molecule has 2 amide bonds.